The lowest BCUT2D eigenvalue weighted by Crippen LogP contribution is -2.48. The van der Waals surface area contributed by atoms with Crippen LogP contribution in [0.1, 0.15) is 57.8 Å². The van der Waals surface area contributed by atoms with E-state index in [1.165, 1.54) is 90.5 Å². The summed E-state index contributed by atoms with van der Waals surface area (Å²) in [6.45, 7) is 8.11. The number of hydrogen-bond acceptors (Lipinski definition) is 3. The second-order valence-corrected chi connectivity index (χ2v) is 10.3. The molecule has 0 spiro atoms. The monoisotopic (exact) mass is 483 g/mol. The lowest BCUT2D eigenvalue weighted by atomic mass is 9.49. The van der Waals surface area contributed by atoms with E-state index in [1.54, 1.807) is 0 Å². The first kappa shape index (κ1) is 28.1. The third-order valence-electron chi connectivity index (χ3n) is 7.80. The fraction of sp³-hybridized carbons (Fsp3) is 0.955. The summed E-state index contributed by atoms with van der Waals surface area (Å²) < 4.78 is 0. The fourth-order valence-corrected chi connectivity index (χ4v) is 6.72. The Morgan fingerprint density at radius 3 is 2.03 bits per heavy atom. The fourth-order valence-electron chi connectivity index (χ4n) is 6.72. The highest BCUT2D eigenvalue weighted by atomic mass is 35.5. The van der Waals surface area contributed by atoms with Crippen LogP contribution in [-0.2, 0) is 0 Å². The van der Waals surface area contributed by atoms with Gasteiger partial charge in [0.25, 0.3) is 0 Å². The Balaban J connectivity index is 0.00000150. The predicted molar refractivity (Wildman–Crippen MR) is 135 cm³/mol. The van der Waals surface area contributed by atoms with Crippen molar-refractivity contribution in [1.29, 1.82) is 0 Å². The van der Waals surface area contributed by atoms with Crippen LogP contribution in [0.25, 0.3) is 0 Å². The van der Waals surface area contributed by atoms with Crippen LogP contribution in [0.5, 0.6) is 0 Å². The SMILES string of the molecule is CN1CCN(CCCCCNC(N)=NCC23CC4CC(CC(C4)C2)C3)CC1.Cl.Cl.Cl. The van der Waals surface area contributed by atoms with Gasteiger partial charge in [-0.25, -0.2) is 0 Å². The lowest BCUT2D eigenvalue weighted by molar-refractivity contribution is -0.0465. The van der Waals surface area contributed by atoms with Gasteiger partial charge in [-0.05, 0) is 88.1 Å². The summed E-state index contributed by atoms with van der Waals surface area (Å²) >= 11 is 0. The predicted octanol–water partition coefficient (Wildman–Crippen LogP) is 3.79. The third-order valence-corrected chi connectivity index (χ3v) is 7.80. The van der Waals surface area contributed by atoms with Gasteiger partial charge in [-0.2, -0.15) is 0 Å². The molecule has 0 radical (unpaired) electrons. The number of unbranched alkanes of at least 4 members (excludes halogenated alkanes) is 2. The highest BCUT2D eigenvalue weighted by Crippen LogP contribution is 2.60. The molecular formula is C22H44Cl3N5. The van der Waals surface area contributed by atoms with Crippen molar-refractivity contribution >= 4 is 43.2 Å². The minimum Gasteiger partial charge on any atom is -0.370 e. The van der Waals surface area contributed by atoms with Gasteiger partial charge >= 0.3 is 0 Å². The number of nitrogens with one attached hydrogen (secondary N) is 1. The van der Waals surface area contributed by atoms with E-state index < -0.39 is 0 Å². The van der Waals surface area contributed by atoms with Crippen molar-refractivity contribution in [1.82, 2.24) is 15.1 Å². The van der Waals surface area contributed by atoms with E-state index >= 15 is 0 Å². The van der Waals surface area contributed by atoms with E-state index in [9.17, 15) is 0 Å². The summed E-state index contributed by atoms with van der Waals surface area (Å²) in [7, 11) is 2.22. The molecule has 8 heteroatoms. The molecule has 5 rings (SSSR count). The highest BCUT2D eigenvalue weighted by Gasteiger charge is 2.50. The number of rotatable bonds is 8. The highest BCUT2D eigenvalue weighted by molar-refractivity contribution is 5.86. The summed E-state index contributed by atoms with van der Waals surface area (Å²) in [5.74, 6) is 3.69. The van der Waals surface area contributed by atoms with E-state index in [-0.39, 0.29) is 37.2 Å². The van der Waals surface area contributed by atoms with Crippen molar-refractivity contribution in [3.8, 4) is 0 Å². The van der Waals surface area contributed by atoms with Crippen LogP contribution < -0.4 is 11.1 Å². The van der Waals surface area contributed by atoms with E-state index in [2.05, 4.69) is 22.2 Å². The maximum atomic E-state index is 6.17. The van der Waals surface area contributed by atoms with Crippen molar-refractivity contribution in [3.05, 3.63) is 0 Å². The summed E-state index contributed by atoms with van der Waals surface area (Å²) in [5.41, 5.74) is 6.68. The van der Waals surface area contributed by atoms with Crippen LogP contribution in [0.3, 0.4) is 0 Å². The van der Waals surface area contributed by atoms with Crippen LogP contribution in [0.15, 0.2) is 4.99 Å². The average molecular weight is 485 g/mol. The van der Waals surface area contributed by atoms with Gasteiger partial charge in [-0.1, -0.05) is 6.42 Å². The smallest absolute Gasteiger partial charge is 0.188 e. The van der Waals surface area contributed by atoms with Crippen molar-refractivity contribution < 1.29 is 0 Å². The minimum atomic E-state index is 0. The Hall–Kier alpha value is 0.0600. The molecule has 178 valence electrons. The zero-order valence-electron chi connectivity index (χ0n) is 18.7. The number of nitrogens with zero attached hydrogens (tertiary/aromatic N) is 3. The van der Waals surface area contributed by atoms with Crippen LogP contribution in [0.4, 0.5) is 0 Å². The Kier molecular flexibility index (Phi) is 12.1. The number of halogens is 3. The molecule has 30 heavy (non-hydrogen) atoms. The maximum absolute atomic E-state index is 6.17. The quantitative estimate of drug-likeness (QED) is 0.313. The van der Waals surface area contributed by atoms with Gasteiger partial charge in [0.05, 0.1) is 0 Å². The minimum absolute atomic E-state index is 0. The summed E-state index contributed by atoms with van der Waals surface area (Å²) in [4.78, 5) is 9.81. The van der Waals surface area contributed by atoms with E-state index in [0.717, 1.165) is 30.8 Å². The van der Waals surface area contributed by atoms with Crippen molar-refractivity contribution in [3.63, 3.8) is 0 Å². The van der Waals surface area contributed by atoms with Gasteiger partial charge in [-0.15, -0.1) is 37.2 Å². The molecule has 3 N–H and O–H groups in total. The Bertz CT molecular complexity index is 488. The topological polar surface area (TPSA) is 56.9 Å². The Morgan fingerprint density at radius 2 is 1.47 bits per heavy atom. The molecule has 4 bridgehead atoms. The van der Waals surface area contributed by atoms with Crippen molar-refractivity contribution in [2.45, 2.75) is 57.8 Å². The molecule has 5 aliphatic rings. The van der Waals surface area contributed by atoms with E-state index in [0.29, 0.717) is 11.4 Å². The summed E-state index contributed by atoms with van der Waals surface area (Å²) in [6, 6.07) is 0. The van der Waals surface area contributed by atoms with Gasteiger partial charge < -0.3 is 20.9 Å². The Morgan fingerprint density at radius 1 is 0.900 bits per heavy atom. The van der Waals surface area contributed by atoms with E-state index in [4.69, 9.17) is 10.7 Å². The number of likely N-dealkylation sites (N-methyl/N-ethyl adjacent to an activating group) is 1. The molecule has 0 aromatic rings. The molecule has 0 atom stereocenters. The lowest BCUT2D eigenvalue weighted by Gasteiger charge is -2.56. The van der Waals surface area contributed by atoms with Crippen LogP contribution in [0.2, 0.25) is 0 Å². The normalized spacial score (nSPS) is 33.4. The Labute approximate surface area is 202 Å². The molecule has 0 unspecified atom stereocenters. The molecule has 4 aliphatic carbocycles. The second-order valence-electron chi connectivity index (χ2n) is 10.3. The number of guanidine groups is 1. The summed E-state index contributed by atoms with van der Waals surface area (Å²) in [6.07, 6.45) is 12.5. The summed E-state index contributed by atoms with van der Waals surface area (Å²) in [5, 5.41) is 3.37. The van der Waals surface area contributed by atoms with Gasteiger partial charge in [0, 0.05) is 39.3 Å². The number of hydrogen-bond donors (Lipinski definition) is 2. The molecule has 1 saturated heterocycles. The van der Waals surface area contributed by atoms with Crippen molar-refractivity contribution in [2.24, 2.45) is 33.9 Å². The zero-order chi connectivity index (χ0) is 18.7. The average Bonchev–Trinajstić information content (AvgIpc) is 2.63. The van der Waals surface area contributed by atoms with Crippen molar-refractivity contribution in [2.75, 3.05) is 52.9 Å². The first-order valence-corrected chi connectivity index (χ1v) is 11.5. The second kappa shape index (κ2) is 12.9. The molecular weight excluding hydrogens is 441 g/mol. The first-order valence-electron chi connectivity index (χ1n) is 11.5. The first-order chi connectivity index (χ1) is 13.1. The molecule has 1 aliphatic heterocycles. The van der Waals surface area contributed by atoms with Crippen LogP contribution >= 0.6 is 37.2 Å². The van der Waals surface area contributed by atoms with Gasteiger partial charge in [0.1, 0.15) is 0 Å². The molecule has 5 nitrogen and oxygen atoms in total. The number of piperazine rings is 1. The van der Waals surface area contributed by atoms with Crippen LogP contribution in [-0.4, -0.2) is 68.6 Å². The molecule has 0 amide bonds. The largest absolute Gasteiger partial charge is 0.370 e. The molecule has 4 saturated carbocycles. The number of nitrogens with two attached hydrogens (primary N) is 1. The third kappa shape index (κ3) is 7.58. The molecule has 0 aromatic heterocycles. The van der Waals surface area contributed by atoms with Gasteiger partial charge in [-0.3, -0.25) is 4.99 Å². The molecule has 1 heterocycles. The van der Waals surface area contributed by atoms with Gasteiger partial charge in [0.15, 0.2) is 5.96 Å². The van der Waals surface area contributed by atoms with Gasteiger partial charge in [0.2, 0.25) is 0 Å². The standard InChI is InChI=1S/C22H41N5.3ClH/c1-26-7-9-27(10-8-26)6-4-2-3-5-24-21(23)25-17-22-14-18-11-19(15-22)13-20(12-18)16-22;;;/h18-20H,2-17H2,1H3,(H3,23,24,25);3*1H. The maximum Gasteiger partial charge on any atom is 0.188 e. The van der Waals surface area contributed by atoms with E-state index in [1.807, 2.05) is 0 Å². The zero-order valence-corrected chi connectivity index (χ0v) is 21.1. The molecule has 5 fully saturated rings. The number of aliphatic imine (C=N–C) groups is 1. The van der Waals surface area contributed by atoms with Crippen LogP contribution in [0, 0.1) is 23.2 Å². The molecule has 0 aromatic carbocycles.